The van der Waals surface area contributed by atoms with E-state index < -0.39 is 0 Å². The van der Waals surface area contributed by atoms with E-state index in [-0.39, 0.29) is 24.2 Å². The van der Waals surface area contributed by atoms with Gasteiger partial charge in [0.25, 0.3) is 0 Å². The molecule has 2 amide bonds. The number of hydrogen-bond donors (Lipinski definition) is 2. The first-order chi connectivity index (χ1) is 12.5. The Morgan fingerprint density at radius 2 is 2.04 bits per heavy atom. The van der Waals surface area contributed by atoms with Crippen molar-refractivity contribution in [2.45, 2.75) is 20.3 Å². The number of nitrogens with one attached hydrogen (secondary N) is 2. The normalized spacial score (nSPS) is 10.5. The second kappa shape index (κ2) is 9.76. The molecule has 1 aromatic heterocycles. The van der Waals surface area contributed by atoms with Crippen LogP contribution in [0, 0.1) is 5.92 Å². The van der Waals surface area contributed by atoms with E-state index in [2.05, 4.69) is 15.6 Å². The van der Waals surface area contributed by atoms with Gasteiger partial charge >= 0.3 is 0 Å². The van der Waals surface area contributed by atoms with Crippen molar-refractivity contribution >= 4 is 28.3 Å². The molecule has 0 aliphatic heterocycles. The molecule has 0 saturated carbocycles. The van der Waals surface area contributed by atoms with E-state index in [9.17, 15) is 9.59 Å². The summed E-state index contributed by atoms with van der Waals surface area (Å²) in [5.74, 6) is 1.05. The van der Waals surface area contributed by atoms with Crippen LogP contribution in [-0.4, -0.2) is 37.1 Å². The van der Waals surface area contributed by atoms with Crippen LogP contribution in [-0.2, 0) is 16.0 Å². The van der Waals surface area contributed by atoms with Gasteiger partial charge in [-0.3, -0.25) is 9.59 Å². The zero-order chi connectivity index (χ0) is 18.9. The molecular weight excluding hydrogens is 354 g/mol. The smallest absolute Gasteiger partial charge is 0.228 e. The zero-order valence-corrected chi connectivity index (χ0v) is 15.9. The summed E-state index contributed by atoms with van der Waals surface area (Å²) >= 11 is 1.31. The van der Waals surface area contributed by atoms with Crippen molar-refractivity contribution in [2.75, 3.05) is 25.6 Å². The number of amides is 2. The lowest BCUT2D eigenvalue weighted by molar-refractivity contribution is -0.120. The highest BCUT2D eigenvalue weighted by Gasteiger charge is 2.11. The van der Waals surface area contributed by atoms with E-state index in [1.54, 1.807) is 18.6 Å². The number of methoxy groups -OCH3 is 1. The lowest BCUT2D eigenvalue weighted by Crippen LogP contribution is -2.29. The number of hydrogen-bond acceptors (Lipinski definition) is 6. The van der Waals surface area contributed by atoms with Crippen LogP contribution >= 0.6 is 11.3 Å². The Morgan fingerprint density at radius 3 is 2.77 bits per heavy atom. The number of carbonyl (C=O) groups excluding carboxylic acids is 2. The minimum Gasteiger partial charge on any atom is -0.497 e. The molecule has 2 rings (SSSR count). The largest absolute Gasteiger partial charge is 0.497 e. The molecule has 0 unspecified atom stereocenters. The molecule has 8 heteroatoms. The molecule has 2 N–H and O–H groups in total. The van der Waals surface area contributed by atoms with Crippen LogP contribution in [0.5, 0.6) is 11.5 Å². The van der Waals surface area contributed by atoms with Crippen molar-refractivity contribution in [1.82, 2.24) is 10.3 Å². The summed E-state index contributed by atoms with van der Waals surface area (Å²) in [6.07, 6.45) is 0.160. The summed E-state index contributed by atoms with van der Waals surface area (Å²) in [5.41, 5.74) is 0.625. The summed E-state index contributed by atoms with van der Waals surface area (Å²) in [5, 5.41) is 7.78. The third kappa shape index (κ3) is 6.36. The SMILES string of the molecule is COc1cccc(OCCNC(=O)Cc2csc(NC(=O)C(C)C)n2)c1. The molecule has 0 aliphatic carbocycles. The van der Waals surface area contributed by atoms with E-state index in [1.807, 2.05) is 32.0 Å². The quantitative estimate of drug-likeness (QED) is 0.656. The van der Waals surface area contributed by atoms with Crippen molar-refractivity contribution < 1.29 is 19.1 Å². The Labute approximate surface area is 156 Å². The van der Waals surface area contributed by atoms with Crippen molar-refractivity contribution in [3.63, 3.8) is 0 Å². The Kier molecular flexibility index (Phi) is 7.40. The average Bonchev–Trinajstić information content (AvgIpc) is 3.05. The molecule has 26 heavy (non-hydrogen) atoms. The van der Waals surface area contributed by atoms with Gasteiger partial charge in [0.05, 0.1) is 25.8 Å². The first-order valence-corrected chi connectivity index (χ1v) is 9.14. The molecule has 1 aromatic carbocycles. The molecule has 7 nitrogen and oxygen atoms in total. The zero-order valence-electron chi connectivity index (χ0n) is 15.1. The van der Waals surface area contributed by atoms with Gasteiger partial charge in [0.1, 0.15) is 18.1 Å². The fourth-order valence-electron chi connectivity index (χ4n) is 1.97. The van der Waals surface area contributed by atoms with Crippen molar-refractivity contribution in [3.8, 4) is 11.5 Å². The van der Waals surface area contributed by atoms with Gasteiger partial charge in [-0.2, -0.15) is 0 Å². The highest BCUT2D eigenvalue weighted by atomic mass is 32.1. The maximum atomic E-state index is 12.0. The van der Waals surface area contributed by atoms with E-state index in [0.29, 0.717) is 29.7 Å². The lowest BCUT2D eigenvalue weighted by atomic mass is 10.2. The minimum atomic E-state index is -0.147. The van der Waals surface area contributed by atoms with E-state index in [0.717, 1.165) is 5.75 Å². The van der Waals surface area contributed by atoms with Crippen LogP contribution in [0.15, 0.2) is 29.6 Å². The van der Waals surface area contributed by atoms with Crippen LogP contribution < -0.4 is 20.1 Å². The Bertz CT molecular complexity index is 746. The Morgan fingerprint density at radius 1 is 1.27 bits per heavy atom. The highest BCUT2D eigenvalue weighted by molar-refractivity contribution is 7.13. The van der Waals surface area contributed by atoms with Gasteiger partial charge in [-0.25, -0.2) is 4.98 Å². The summed E-state index contributed by atoms with van der Waals surface area (Å²) in [4.78, 5) is 27.8. The predicted octanol–water partition coefficient (Wildman–Crippen LogP) is 2.48. The van der Waals surface area contributed by atoms with Crippen LogP contribution in [0.3, 0.4) is 0 Å². The van der Waals surface area contributed by atoms with Crippen LogP contribution in [0.25, 0.3) is 0 Å². The van der Waals surface area contributed by atoms with Crippen molar-refractivity contribution in [3.05, 3.63) is 35.3 Å². The monoisotopic (exact) mass is 377 g/mol. The average molecular weight is 377 g/mol. The predicted molar refractivity (Wildman–Crippen MR) is 101 cm³/mol. The maximum Gasteiger partial charge on any atom is 0.228 e. The molecular formula is C18H23N3O4S. The molecule has 0 spiro atoms. The Balaban J connectivity index is 1.70. The van der Waals surface area contributed by atoms with Gasteiger partial charge in [-0.05, 0) is 12.1 Å². The van der Waals surface area contributed by atoms with Crippen LogP contribution in [0.2, 0.25) is 0 Å². The molecule has 1 heterocycles. The van der Waals surface area contributed by atoms with Gasteiger partial charge in [0, 0.05) is 17.4 Å². The Hall–Kier alpha value is -2.61. The second-order valence-corrected chi connectivity index (χ2v) is 6.70. The first-order valence-electron chi connectivity index (χ1n) is 8.26. The van der Waals surface area contributed by atoms with Crippen LogP contribution in [0.4, 0.5) is 5.13 Å². The van der Waals surface area contributed by atoms with Gasteiger partial charge in [-0.1, -0.05) is 19.9 Å². The summed E-state index contributed by atoms with van der Waals surface area (Å²) in [7, 11) is 1.59. The summed E-state index contributed by atoms with van der Waals surface area (Å²) < 4.78 is 10.7. The van der Waals surface area contributed by atoms with Gasteiger partial charge < -0.3 is 20.1 Å². The molecule has 0 radical (unpaired) electrons. The number of benzene rings is 1. The number of ether oxygens (including phenoxy) is 2. The molecule has 0 bridgehead atoms. The van der Waals surface area contributed by atoms with Gasteiger partial charge in [0.15, 0.2) is 5.13 Å². The van der Waals surface area contributed by atoms with E-state index >= 15 is 0 Å². The van der Waals surface area contributed by atoms with E-state index in [1.165, 1.54) is 11.3 Å². The van der Waals surface area contributed by atoms with Crippen molar-refractivity contribution in [2.24, 2.45) is 5.92 Å². The molecule has 0 saturated heterocycles. The van der Waals surface area contributed by atoms with Crippen molar-refractivity contribution in [1.29, 1.82) is 0 Å². The number of thiazole rings is 1. The van der Waals surface area contributed by atoms with Gasteiger partial charge in [-0.15, -0.1) is 11.3 Å². The third-order valence-corrected chi connectivity index (χ3v) is 4.19. The number of carbonyl (C=O) groups is 2. The molecule has 2 aromatic rings. The van der Waals surface area contributed by atoms with Crippen LogP contribution in [0.1, 0.15) is 19.5 Å². The van der Waals surface area contributed by atoms with Gasteiger partial charge in [0.2, 0.25) is 11.8 Å². The first kappa shape index (κ1) is 19.7. The lowest BCUT2D eigenvalue weighted by Gasteiger charge is -2.08. The molecule has 140 valence electrons. The fraction of sp³-hybridized carbons (Fsp3) is 0.389. The second-order valence-electron chi connectivity index (χ2n) is 5.84. The standard InChI is InChI=1S/C18H23N3O4S/c1-12(2)17(23)21-18-20-13(11-26-18)9-16(22)19-7-8-25-15-6-4-5-14(10-15)24-3/h4-6,10-12H,7-9H2,1-3H3,(H,19,22)(H,20,21,23). The number of nitrogens with zero attached hydrogens (tertiary/aromatic N) is 1. The maximum absolute atomic E-state index is 12.0. The number of rotatable bonds is 9. The third-order valence-electron chi connectivity index (χ3n) is 3.38. The minimum absolute atomic E-state index is 0.0926. The summed E-state index contributed by atoms with van der Waals surface area (Å²) in [6.45, 7) is 4.36. The number of aromatic nitrogens is 1. The molecule has 0 fully saturated rings. The molecule has 0 atom stereocenters. The number of anilines is 1. The highest BCUT2D eigenvalue weighted by Crippen LogP contribution is 2.18. The fourth-order valence-corrected chi connectivity index (χ4v) is 2.69. The summed E-state index contributed by atoms with van der Waals surface area (Å²) in [6, 6.07) is 7.28. The molecule has 0 aliphatic rings. The van der Waals surface area contributed by atoms with E-state index in [4.69, 9.17) is 9.47 Å². The topological polar surface area (TPSA) is 89.5 Å².